The lowest BCUT2D eigenvalue weighted by Gasteiger charge is -2.18. The highest BCUT2D eigenvalue weighted by atomic mass is 79.9. The highest BCUT2D eigenvalue weighted by Crippen LogP contribution is 2.34. The van der Waals surface area contributed by atoms with Crippen molar-refractivity contribution < 1.29 is 17.6 Å². The summed E-state index contributed by atoms with van der Waals surface area (Å²) in [6, 6.07) is 6.71. The predicted octanol–water partition coefficient (Wildman–Crippen LogP) is 4.96. The van der Waals surface area contributed by atoms with Crippen molar-refractivity contribution in [3.05, 3.63) is 68.9 Å². The largest absolute Gasteiger partial charge is 0.416 e. The zero-order valence-electron chi connectivity index (χ0n) is 11.0. The third kappa shape index (κ3) is 3.44. The van der Waals surface area contributed by atoms with Gasteiger partial charge in [0.2, 0.25) is 0 Å². The molecule has 0 amide bonds. The highest BCUT2D eigenvalue weighted by molar-refractivity contribution is 9.10. The number of nitrogens with two attached hydrogens (primary N) is 1. The normalized spacial score (nSPS) is 13.3. The Hall–Kier alpha value is -1.40. The van der Waals surface area contributed by atoms with Crippen LogP contribution in [0.25, 0.3) is 0 Å². The van der Waals surface area contributed by atoms with E-state index in [-0.39, 0.29) is 0 Å². The summed E-state index contributed by atoms with van der Waals surface area (Å²) < 4.78 is 51.9. The van der Waals surface area contributed by atoms with Gasteiger partial charge in [-0.05, 0) is 53.9 Å². The van der Waals surface area contributed by atoms with E-state index in [1.165, 1.54) is 24.3 Å². The van der Waals surface area contributed by atoms with Gasteiger partial charge < -0.3 is 5.73 Å². The van der Waals surface area contributed by atoms with E-state index < -0.39 is 23.6 Å². The molecule has 1 atom stereocenters. The van der Waals surface area contributed by atoms with Gasteiger partial charge in [-0.3, -0.25) is 0 Å². The molecule has 2 aromatic rings. The van der Waals surface area contributed by atoms with Crippen LogP contribution in [-0.2, 0) is 6.18 Å². The fraction of sp³-hybridized carbons (Fsp3) is 0.200. The van der Waals surface area contributed by atoms with E-state index in [9.17, 15) is 17.6 Å². The van der Waals surface area contributed by atoms with E-state index in [2.05, 4.69) is 15.9 Å². The van der Waals surface area contributed by atoms with Gasteiger partial charge in [0.1, 0.15) is 5.82 Å². The number of benzene rings is 2. The second kappa shape index (κ2) is 5.77. The van der Waals surface area contributed by atoms with E-state index >= 15 is 0 Å². The van der Waals surface area contributed by atoms with Crippen molar-refractivity contribution in [1.82, 2.24) is 0 Å². The molecule has 112 valence electrons. The van der Waals surface area contributed by atoms with Crippen molar-refractivity contribution in [1.29, 1.82) is 0 Å². The van der Waals surface area contributed by atoms with Gasteiger partial charge >= 0.3 is 6.18 Å². The first-order valence-electron chi connectivity index (χ1n) is 6.08. The van der Waals surface area contributed by atoms with Gasteiger partial charge in [-0.25, -0.2) is 4.39 Å². The Balaban J connectivity index is 2.44. The zero-order chi connectivity index (χ0) is 15.8. The van der Waals surface area contributed by atoms with Gasteiger partial charge in [0.25, 0.3) is 0 Å². The van der Waals surface area contributed by atoms with Gasteiger partial charge in [0.15, 0.2) is 0 Å². The first kappa shape index (κ1) is 16.0. The summed E-state index contributed by atoms with van der Waals surface area (Å²) in [6.45, 7) is 1.55. The molecule has 0 fully saturated rings. The molecule has 0 aliphatic carbocycles. The van der Waals surface area contributed by atoms with Crippen LogP contribution in [0.1, 0.15) is 28.3 Å². The van der Waals surface area contributed by atoms with Crippen LogP contribution in [0.2, 0.25) is 0 Å². The average molecular weight is 362 g/mol. The third-order valence-electron chi connectivity index (χ3n) is 3.23. The minimum Gasteiger partial charge on any atom is -0.320 e. The van der Waals surface area contributed by atoms with Gasteiger partial charge in [0.05, 0.1) is 11.6 Å². The maximum Gasteiger partial charge on any atom is 0.416 e. The summed E-state index contributed by atoms with van der Waals surface area (Å²) in [5.74, 6) is -0.451. The average Bonchev–Trinajstić information content (AvgIpc) is 2.39. The first-order valence-corrected chi connectivity index (χ1v) is 6.87. The summed E-state index contributed by atoms with van der Waals surface area (Å²) in [5, 5.41) is 0. The Kier molecular flexibility index (Phi) is 4.39. The summed E-state index contributed by atoms with van der Waals surface area (Å²) in [6.07, 6.45) is -4.40. The summed E-state index contributed by atoms with van der Waals surface area (Å²) in [7, 11) is 0. The SMILES string of the molecule is Cc1cc(C(F)(F)F)ccc1C(N)c1cc(F)ccc1Br. The molecule has 1 nitrogen and oxygen atoms in total. The number of hydrogen-bond acceptors (Lipinski definition) is 1. The molecule has 0 aromatic heterocycles. The Morgan fingerprint density at radius 1 is 1.05 bits per heavy atom. The van der Waals surface area contributed by atoms with Crippen molar-refractivity contribution in [2.75, 3.05) is 0 Å². The molecule has 0 heterocycles. The van der Waals surface area contributed by atoms with Crippen LogP contribution in [0.4, 0.5) is 17.6 Å². The highest BCUT2D eigenvalue weighted by Gasteiger charge is 2.31. The molecule has 6 heteroatoms. The molecule has 0 spiro atoms. The van der Waals surface area contributed by atoms with Crippen molar-refractivity contribution in [3.63, 3.8) is 0 Å². The molecular weight excluding hydrogens is 350 g/mol. The van der Waals surface area contributed by atoms with Crippen molar-refractivity contribution in [3.8, 4) is 0 Å². The molecule has 0 bridgehead atoms. The number of aryl methyl sites for hydroxylation is 1. The van der Waals surface area contributed by atoms with Crippen LogP contribution in [-0.4, -0.2) is 0 Å². The molecule has 0 saturated heterocycles. The van der Waals surface area contributed by atoms with Crippen LogP contribution in [0.3, 0.4) is 0 Å². The standard InChI is InChI=1S/C15H12BrF4N/c1-8-6-9(15(18,19)20)2-4-11(8)14(21)12-7-10(17)3-5-13(12)16/h2-7,14H,21H2,1H3. The molecule has 0 aliphatic rings. The van der Waals surface area contributed by atoms with Gasteiger partial charge in [-0.2, -0.15) is 13.2 Å². The Morgan fingerprint density at radius 3 is 2.29 bits per heavy atom. The predicted molar refractivity (Wildman–Crippen MR) is 76.3 cm³/mol. The van der Waals surface area contributed by atoms with E-state index in [1.54, 1.807) is 6.92 Å². The number of rotatable bonds is 2. The Labute approximate surface area is 127 Å². The van der Waals surface area contributed by atoms with E-state index in [4.69, 9.17) is 5.73 Å². The zero-order valence-corrected chi connectivity index (χ0v) is 12.6. The first-order chi connectivity index (χ1) is 9.70. The van der Waals surface area contributed by atoms with Crippen LogP contribution in [0.5, 0.6) is 0 Å². The van der Waals surface area contributed by atoms with Crippen molar-refractivity contribution in [2.24, 2.45) is 5.73 Å². The molecule has 21 heavy (non-hydrogen) atoms. The van der Waals surface area contributed by atoms with Crippen molar-refractivity contribution in [2.45, 2.75) is 19.1 Å². The molecular formula is C15H12BrF4N. The monoisotopic (exact) mass is 361 g/mol. The minimum absolute atomic E-state index is 0.411. The maximum atomic E-state index is 13.3. The topological polar surface area (TPSA) is 26.0 Å². The lowest BCUT2D eigenvalue weighted by atomic mass is 9.94. The van der Waals surface area contributed by atoms with Crippen LogP contribution in [0.15, 0.2) is 40.9 Å². The van der Waals surface area contributed by atoms with Gasteiger partial charge in [-0.1, -0.05) is 22.0 Å². The summed E-state index contributed by atoms with van der Waals surface area (Å²) >= 11 is 3.27. The molecule has 2 aromatic carbocycles. The van der Waals surface area contributed by atoms with Crippen LogP contribution >= 0.6 is 15.9 Å². The second-order valence-electron chi connectivity index (χ2n) is 4.71. The smallest absolute Gasteiger partial charge is 0.320 e. The number of hydrogen-bond donors (Lipinski definition) is 1. The summed E-state index contributed by atoms with van der Waals surface area (Å²) in [5.41, 5.74) is 6.76. The van der Waals surface area contributed by atoms with E-state index in [1.807, 2.05) is 0 Å². The summed E-state index contributed by atoms with van der Waals surface area (Å²) in [4.78, 5) is 0. The lowest BCUT2D eigenvalue weighted by molar-refractivity contribution is -0.137. The minimum atomic E-state index is -4.40. The molecule has 2 N–H and O–H groups in total. The van der Waals surface area contributed by atoms with Crippen LogP contribution < -0.4 is 5.73 Å². The van der Waals surface area contributed by atoms with E-state index in [0.29, 0.717) is 21.2 Å². The number of alkyl halides is 3. The third-order valence-corrected chi connectivity index (χ3v) is 3.95. The van der Waals surface area contributed by atoms with Gasteiger partial charge in [-0.15, -0.1) is 0 Å². The molecule has 0 saturated carbocycles. The Bertz CT molecular complexity index is 667. The van der Waals surface area contributed by atoms with E-state index in [0.717, 1.165) is 12.1 Å². The fourth-order valence-electron chi connectivity index (χ4n) is 2.12. The van der Waals surface area contributed by atoms with Crippen molar-refractivity contribution >= 4 is 15.9 Å². The quantitative estimate of drug-likeness (QED) is 0.751. The molecule has 0 aliphatic heterocycles. The fourth-order valence-corrected chi connectivity index (χ4v) is 2.61. The second-order valence-corrected chi connectivity index (χ2v) is 5.57. The molecule has 2 rings (SSSR count). The van der Waals surface area contributed by atoms with Crippen LogP contribution in [0, 0.1) is 12.7 Å². The Morgan fingerprint density at radius 2 is 1.71 bits per heavy atom. The lowest BCUT2D eigenvalue weighted by Crippen LogP contribution is -2.15. The molecule has 0 radical (unpaired) electrons. The number of halogens is 5. The maximum absolute atomic E-state index is 13.3. The van der Waals surface area contributed by atoms with Gasteiger partial charge in [0, 0.05) is 4.47 Å². The molecule has 1 unspecified atom stereocenters.